The molecule has 0 radical (unpaired) electrons. The first-order valence-corrected chi connectivity index (χ1v) is 11.5. The fraction of sp³-hybridized carbons (Fsp3) is 0.417. The van der Waals surface area contributed by atoms with Gasteiger partial charge in [-0.2, -0.15) is 0 Å². The van der Waals surface area contributed by atoms with Gasteiger partial charge in [0.1, 0.15) is 16.9 Å². The Morgan fingerprint density at radius 2 is 1.87 bits per heavy atom. The molecule has 2 amide bonds. The van der Waals surface area contributed by atoms with Crippen LogP contribution in [0.1, 0.15) is 28.5 Å². The van der Waals surface area contributed by atoms with E-state index < -0.39 is 0 Å². The van der Waals surface area contributed by atoms with Crippen LogP contribution in [0.3, 0.4) is 0 Å². The summed E-state index contributed by atoms with van der Waals surface area (Å²) in [6.07, 6.45) is 0.245. The molecule has 0 aromatic heterocycles. The zero-order valence-electron chi connectivity index (χ0n) is 18.4. The molecule has 0 saturated carbocycles. The van der Waals surface area contributed by atoms with Gasteiger partial charge in [0, 0.05) is 36.5 Å². The first-order valence-electron chi connectivity index (χ1n) is 10.4. The summed E-state index contributed by atoms with van der Waals surface area (Å²) in [5.74, 6) is 2.00. The number of methoxy groups -OCH3 is 2. The lowest BCUT2D eigenvalue weighted by Gasteiger charge is -2.28. The number of rotatable bonds is 5. The molecule has 4 rings (SSSR count). The second-order valence-corrected chi connectivity index (χ2v) is 9.22. The normalized spacial score (nSPS) is 21.0. The number of anilines is 1. The van der Waals surface area contributed by atoms with Gasteiger partial charge >= 0.3 is 0 Å². The molecule has 2 fully saturated rings. The summed E-state index contributed by atoms with van der Waals surface area (Å²) in [6.45, 7) is 5.16. The van der Waals surface area contributed by atoms with Gasteiger partial charge in [-0.25, -0.2) is 0 Å². The zero-order valence-corrected chi connectivity index (χ0v) is 19.2. The molecule has 0 aliphatic carbocycles. The molecule has 7 heteroatoms. The molecule has 164 valence electrons. The summed E-state index contributed by atoms with van der Waals surface area (Å²) in [7, 11) is 3.26. The van der Waals surface area contributed by atoms with E-state index in [4.69, 9.17) is 9.47 Å². The molecule has 2 atom stereocenters. The van der Waals surface area contributed by atoms with Crippen LogP contribution in [0.2, 0.25) is 0 Å². The Labute approximate surface area is 187 Å². The maximum absolute atomic E-state index is 13.5. The van der Waals surface area contributed by atoms with Crippen molar-refractivity contribution >= 4 is 29.3 Å². The van der Waals surface area contributed by atoms with E-state index in [1.807, 2.05) is 48.2 Å². The lowest BCUT2D eigenvalue weighted by Crippen LogP contribution is -2.37. The van der Waals surface area contributed by atoms with Crippen LogP contribution in [-0.4, -0.2) is 49.8 Å². The third kappa shape index (κ3) is 4.11. The topological polar surface area (TPSA) is 59.1 Å². The van der Waals surface area contributed by atoms with Crippen LogP contribution in [-0.2, 0) is 9.59 Å². The van der Waals surface area contributed by atoms with Crippen LogP contribution in [0.15, 0.2) is 36.4 Å². The number of carbonyl (C=O) groups is 2. The Kier molecular flexibility index (Phi) is 6.14. The molecule has 2 aliphatic heterocycles. The van der Waals surface area contributed by atoms with E-state index in [0.717, 1.165) is 34.1 Å². The van der Waals surface area contributed by atoms with Crippen molar-refractivity contribution < 1.29 is 19.1 Å². The van der Waals surface area contributed by atoms with Gasteiger partial charge in [0.05, 0.1) is 20.1 Å². The third-order valence-corrected chi connectivity index (χ3v) is 7.40. The van der Waals surface area contributed by atoms with Crippen LogP contribution in [0, 0.1) is 19.8 Å². The Morgan fingerprint density at radius 1 is 1.06 bits per heavy atom. The van der Waals surface area contributed by atoms with Gasteiger partial charge < -0.3 is 19.3 Å². The molecule has 6 nitrogen and oxygen atoms in total. The maximum atomic E-state index is 13.5. The van der Waals surface area contributed by atoms with Crippen molar-refractivity contribution in [3.05, 3.63) is 53.1 Å². The number of amides is 2. The molecule has 0 bridgehead atoms. The fourth-order valence-corrected chi connectivity index (χ4v) is 5.51. The minimum atomic E-state index is -0.341. The standard InChI is InChI=1S/C24H28N2O4S/c1-15-5-6-18(11-16(15)2)26-14-17(12-22(26)27)23(28)25-9-10-31-24(25)20-13-19(29-3)7-8-21(20)30-4/h5-8,11,13,17,24H,9-10,12,14H2,1-4H3. The van der Waals surface area contributed by atoms with E-state index in [-0.39, 0.29) is 29.5 Å². The Balaban J connectivity index is 1.55. The van der Waals surface area contributed by atoms with Crippen LogP contribution in [0.5, 0.6) is 11.5 Å². The van der Waals surface area contributed by atoms with Gasteiger partial charge in [-0.1, -0.05) is 6.07 Å². The highest BCUT2D eigenvalue weighted by Gasteiger charge is 2.41. The summed E-state index contributed by atoms with van der Waals surface area (Å²) >= 11 is 1.71. The average Bonchev–Trinajstić information content (AvgIpc) is 3.41. The van der Waals surface area contributed by atoms with Crippen molar-refractivity contribution in [2.24, 2.45) is 5.92 Å². The number of benzene rings is 2. The second-order valence-electron chi connectivity index (χ2n) is 8.04. The van der Waals surface area contributed by atoms with Crippen LogP contribution >= 0.6 is 11.8 Å². The van der Waals surface area contributed by atoms with E-state index in [0.29, 0.717) is 13.1 Å². The first-order chi connectivity index (χ1) is 14.9. The summed E-state index contributed by atoms with van der Waals surface area (Å²) in [6, 6.07) is 11.7. The van der Waals surface area contributed by atoms with Gasteiger partial charge in [-0.05, 0) is 55.3 Å². The highest BCUT2D eigenvalue weighted by atomic mass is 32.2. The smallest absolute Gasteiger partial charge is 0.229 e. The highest BCUT2D eigenvalue weighted by Crippen LogP contribution is 2.44. The largest absolute Gasteiger partial charge is 0.497 e. The van der Waals surface area contributed by atoms with Gasteiger partial charge in [0.25, 0.3) is 0 Å². The molecule has 2 unspecified atom stereocenters. The van der Waals surface area contributed by atoms with E-state index in [2.05, 4.69) is 6.92 Å². The van der Waals surface area contributed by atoms with Gasteiger partial charge in [-0.3, -0.25) is 9.59 Å². The number of hydrogen-bond acceptors (Lipinski definition) is 5. The van der Waals surface area contributed by atoms with E-state index >= 15 is 0 Å². The minimum absolute atomic E-state index is 0.00367. The van der Waals surface area contributed by atoms with Gasteiger partial charge in [-0.15, -0.1) is 11.8 Å². The van der Waals surface area contributed by atoms with Crippen molar-refractivity contribution in [1.29, 1.82) is 0 Å². The number of thioether (sulfide) groups is 1. The zero-order chi connectivity index (χ0) is 22.1. The molecule has 0 spiro atoms. The highest BCUT2D eigenvalue weighted by molar-refractivity contribution is 7.99. The summed E-state index contributed by atoms with van der Waals surface area (Å²) in [4.78, 5) is 29.9. The lowest BCUT2D eigenvalue weighted by molar-refractivity contribution is -0.136. The summed E-state index contributed by atoms with van der Waals surface area (Å²) in [5.41, 5.74) is 4.12. The van der Waals surface area contributed by atoms with Crippen molar-refractivity contribution in [2.45, 2.75) is 25.6 Å². The summed E-state index contributed by atoms with van der Waals surface area (Å²) in [5, 5.41) is -0.150. The molecule has 2 aromatic rings. The van der Waals surface area contributed by atoms with Gasteiger partial charge in [0.15, 0.2) is 0 Å². The van der Waals surface area contributed by atoms with Crippen LogP contribution in [0.25, 0.3) is 0 Å². The molecule has 0 N–H and O–H groups in total. The Hall–Kier alpha value is -2.67. The molecule has 31 heavy (non-hydrogen) atoms. The Morgan fingerprint density at radius 3 is 2.58 bits per heavy atom. The molecular formula is C24H28N2O4S. The van der Waals surface area contributed by atoms with Crippen LogP contribution < -0.4 is 14.4 Å². The monoisotopic (exact) mass is 440 g/mol. The molecule has 2 aliphatic rings. The lowest BCUT2D eigenvalue weighted by atomic mass is 10.1. The average molecular weight is 441 g/mol. The summed E-state index contributed by atoms with van der Waals surface area (Å²) < 4.78 is 10.9. The van der Waals surface area contributed by atoms with Crippen molar-refractivity contribution in [2.75, 3.05) is 38.0 Å². The van der Waals surface area contributed by atoms with E-state index in [1.165, 1.54) is 5.56 Å². The van der Waals surface area contributed by atoms with Gasteiger partial charge in [0.2, 0.25) is 11.8 Å². The predicted octanol–water partition coefficient (Wildman–Crippen LogP) is 3.95. The molecule has 2 saturated heterocycles. The SMILES string of the molecule is COc1ccc(OC)c(C2SCCN2C(=O)C2CC(=O)N(c3ccc(C)c(C)c3)C2)c1. The molecule has 2 aromatic carbocycles. The minimum Gasteiger partial charge on any atom is -0.497 e. The van der Waals surface area contributed by atoms with E-state index in [1.54, 1.807) is 30.9 Å². The predicted molar refractivity (Wildman–Crippen MR) is 123 cm³/mol. The molecule has 2 heterocycles. The second kappa shape index (κ2) is 8.83. The fourth-order valence-electron chi connectivity index (χ4n) is 4.24. The number of nitrogens with zero attached hydrogens (tertiary/aromatic N) is 2. The molecular weight excluding hydrogens is 412 g/mol. The van der Waals surface area contributed by atoms with Crippen molar-refractivity contribution in [1.82, 2.24) is 4.90 Å². The number of carbonyl (C=O) groups excluding carboxylic acids is 2. The Bertz CT molecular complexity index is 1010. The number of ether oxygens (including phenoxy) is 2. The maximum Gasteiger partial charge on any atom is 0.229 e. The quantitative estimate of drug-likeness (QED) is 0.705. The van der Waals surface area contributed by atoms with Crippen molar-refractivity contribution in [3.8, 4) is 11.5 Å². The van der Waals surface area contributed by atoms with E-state index in [9.17, 15) is 9.59 Å². The van der Waals surface area contributed by atoms with Crippen molar-refractivity contribution in [3.63, 3.8) is 0 Å². The van der Waals surface area contributed by atoms with Crippen LogP contribution in [0.4, 0.5) is 5.69 Å². The first kappa shape index (κ1) is 21.6. The number of hydrogen-bond donors (Lipinski definition) is 0. The third-order valence-electron chi connectivity index (χ3n) is 6.15. The number of aryl methyl sites for hydroxylation is 2.